The van der Waals surface area contributed by atoms with Crippen LogP contribution in [0.5, 0.6) is 0 Å². The van der Waals surface area contributed by atoms with Crippen LogP contribution in [0.4, 0.5) is 5.69 Å². The first kappa shape index (κ1) is 11.2. The molecule has 0 saturated heterocycles. The quantitative estimate of drug-likeness (QED) is 0.739. The van der Waals surface area contributed by atoms with Gasteiger partial charge in [-0.2, -0.15) is 0 Å². The predicted octanol–water partition coefficient (Wildman–Crippen LogP) is 2.53. The molecule has 0 spiro atoms. The zero-order chi connectivity index (χ0) is 13.8. The Hall–Kier alpha value is -2.49. The Morgan fingerprint density at radius 2 is 2.00 bits per heavy atom. The molecule has 1 aromatic carbocycles. The minimum Gasteiger partial charge on any atom is -0.349 e. The predicted molar refractivity (Wildman–Crippen MR) is 83.6 cm³/mol. The molecule has 4 nitrogen and oxygen atoms in total. The maximum atomic E-state index is 4.63. The minimum atomic E-state index is 0.161. The van der Waals surface area contributed by atoms with Crippen LogP contribution >= 0.6 is 0 Å². The third kappa shape index (κ3) is 1.42. The van der Waals surface area contributed by atoms with E-state index in [0.717, 1.165) is 25.2 Å². The summed E-state index contributed by atoms with van der Waals surface area (Å²) in [5.41, 5.74) is 5.25. The number of benzene rings is 1. The number of hydrogen-bond donors (Lipinski definition) is 1. The van der Waals surface area contributed by atoms with Crippen LogP contribution < -0.4 is 10.2 Å². The van der Waals surface area contributed by atoms with E-state index in [9.17, 15) is 0 Å². The Morgan fingerprint density at radius 3 is 3.00 bits per heavy atom. The van der Waals surface area contributed by atoms with Gasteiger partial charge in [-0.25, -0.2) is 4.99 Å². The van der Waals surface area contributed by atoms with Gasteiger partial charge in [0.2, 0.25) is 0 Å². The first-order valence-corrected chi connectivity index (χ1v) is 7.45. The summed E-state index contributed by atoms with van der Waals surface area (Å²) in [5, 5.41) is 3.70. The molecule has 3 heterocycles. The van der Waals surface area contributed by atoms with Gasteiger partial charge in [0.25, 0.3) is 0 Å². The highest BCUT2D eigenvalue weighted by Crippen LogP contribution is 2.40. The molecule has 1 aromatic rings. The van der Waals surface area contributed by atoms with Gasteiger partial charge in [0.05, 0.1) is 5.69 Å². The molecule has 1 aliphatic carbocycles. The summed E-state index contributed by atoms with van der Waals surface area (Å²) in [5.74, 6) is 1.08. The van der Waals surface area contributed by atoms with E-state index in [2.05, 4.69) is 62.6 Å². The fourth-order valence-corrected chi connectivity index (χ4v) is 3.64. The number of nitrogens with one attached hydrogen (secondary N) is 1. The van der Waals surface area contributed by atoms with Gasteiger partial charge in [0, 0.05) is 42.5 Å². The van der Waals surface area contributed by atoms with Crippen molar-refractivity contribution >= 4 is 11.5 Å². The highest BCUT2D eigenvalue weighted by Gasteiger charge is 2.42. The van der Waals surface area contributed by atoms with E-state index < -0.39 is 0 Å². The zero-order valence-electron chi connectivity index (χ0n) is 11.7. The molecule has 0 amide bonds. The Bertz CT molecular complexity index is 741. The monoisotopic (exact) mass is 276 g/mol. The molecule has 0 aromatic heterocycles. The molecular weight excluding hydrogens is 260 g/mol. The molecular formula is C17H16N4. The summed E-state index contributed by atoms with van der Waals surface area (Å²) < 4.78 is 0. The van der Waals surface area contributed by atoms with Crippen LogP contribution in [0.1, 0.15) is 18.4 Å². The summed E-state index contributed by atoms with van der Waals surface area (Å²) >= 11 is 0. The van der Waals surface area contributed by atoms with E-state index in [1.165, 1.54) is 22.6 Å². The summed E-state index contributed by atoms with van der Waals surface area (Å²) in [6.45, 7) is 0.898. The van der Waals surface area contributed by atoms with Crippen molar-refractivity contribution < 1.29 is 0 Å². The highest BCUT2D eigenvalue weighted by atomic mass is 15.5. The van der Waals surface area contributed by atoms with Gasteiger partial charge in [0.15, 0.2) is 6.29 Å². The van der Waals surface area contributed by atoms with Crippen molar-refractivity contribution in [2.45, 2.75) is 19.1 Å². The van der Waals surface area contributed by atoms with E-state index in [-0.39, 0.29) is 6.29 Å². The van der Waals surface area contributed by atoms with Crippen molar-refractivity contribution in [3.05, 3.63) is 65.7 Å². The van der Waals surface area contributed by atoms with Crippen molar-refractivity contribution in [1.82, 2.24) is 10.2 Å². The van der Waals surface area contributed by atoms with Gasteiger partial charge in [-0.15, -0.1) is 0 Å². The molecule has 0 radical (unpaired) electrons. The average molecular weight is 276 g/mol. The van der Waals surface area contributed by atoms with Gasteiger partial charge >= 0.3 is 0 Å². The molecule has 21 heavy (non-hydrogen) atoms. The van der Waals surface area contributed by atoms with Crippen LogP contribution in [-0.4, -0.2) is 23.6 Å². The fraction of sp³-hybridized carbons (Fsp3) is 0.235. The molecule has 0 bridgehead atoms. The molecule has 1 unspecified atom stereocenters. The molecule has 1 N–H and O–H groups in total. The lowest BCUT2D eigenvalue weighted by atomic mass is 10.0. The van der Waals surface area contributed by atoms with Crippen molar-refractivity contribution in [2.75, 3.05) is 11.4 Å². The second-order valence-electron chi connectivity index (χ2n) is 5.70. The van der Waals surface area contributed by atoms with E-state index in [1.807, 2.05) is 6.20 Å². The normalized spacial score (nSPS) is 25.0. The number of fused-ring (bicyclic) bond motifs is 7. The SMILES string of the molecule is C1=CCC2=C(C1)NC1N3CC=CN=C3c3ccccc3N21. The largest absolute Gasteiger partial charge is 0.349 e. The second kappa shape index (κ2) is 4.01. The first-order valence-electron chi connectivity index (χ1n) is 7.45. The van der Waals surface area contributed by atoms with Crippen molar-refractivity contribution in [3.63, 3.8) is 0 Å². The van der Waals surface area contributed by atoms with E-state index in [1.54, 1.807) is 0 Å². The Kier molecular flexibility index (Phi) is 2.14. The van der Waals surface area contributed by atoms with Crippen LogP contribution in [0.2, 0.25) is 0 Å². The molecule has 104 valence electrons. The summed E-state index contributed by atoms with van der Waals surface area (Å²) in [7, 11) is 0. The van der Waals surface area contributed by atoms with Gasteiger partial charge in [-0.05, 0) is 18.2 Å². The van der Waals surface area contributed by atoms with Crippen LogP contribution in [0.15, 0.2) is 65.1 Å². The second-order valence-corrected chi connectivity index (χ2v) is 5.70. The van der Waals surface area contributed by atoms with Crippen molar-refractivity contribution in [1.29, 1.82) is 0 Å². The topological polar surface area (TPSA) is 30.9 Å². The van der Waals surface area contributed by atoms with Gasteiger partial charge in [-0.3, -0.25) is 0 Å². The van der Waals surface area contributed by atoms with Gasteiger partial charge in [-0.1, -0.05) is 24.3 Å². The molecule has 5 rings (SSSR count). The molecule has 1 atom stereocenters. The van der Waals surface area contributed by atoms with E-state index in [4.69, 9.17) is 0 Å². The number of hydrogen-bond acceptors (Lipinski definition) is 4. The number of aliphatic imine (C=N–C) groups is 1. The lowest BCUT2D eigenvalue weighted by Crippen LogP contribution is -2.58. The molecule has 0 fully saturated rings. The van der Waals surface area contributed by atoms with E-state index >= 15 is 0 Å². The maximum Gasteiger partial charge on any atom is 0.184 e. The lowest BCUT2D eigenvalue weighted by Gasteiger charge is -2.44. The van der Waals surface area contributed by atoms with Crippen LogP contribution in [-0.2, 0) is 0 Å². The van der Waals surface area contributed by atoms with Crippen LogP contribution in [0.25, 0.3) is 0 Å². The smallest absolute Gasteiger partial charge is 0.184 e. The van der Waals surface area contributed by atoms with Crippen LogP contribution in [0, 0.1) is 0 Å². The Balaban J connectivity index is 1.72. The summed E-state index contributed by atoms with van der Waals surface area (Å²) in [4.78, 5) is 9.43. The summed E-state index contributed by atoms with van der Waals surface area (Å²) in [6.07, 6.45) is 10.7. The number of rotatable bonds is 0. The molecule has 3 aliphatic heterocycles. The standard InChI is InChI=1S/C17H16N4/c1-3-8-14-12(6-1)16-18-10-5-11-20(16)17-19-13-7-2-4-9-15(13)21(14)17/h1-6,8,10,17,19H,7,9,11H2. The number of para-hydroxylation sites is 1. The third-order valence-electron chi connectivity index (χ3n) is 4.56. The Morgan fingerprint density at radius 1 is 1.10 bits per heavy atom. The molecule has 4 heteroatoms. The van der Waals surface area contributed by atoms with Gasteiger partial charge < -0.3 is 15.1 Å². The van der Waals surface area contributed by atoms with E-state index in [0.29, 0.717) is 0 Å². The third-order valence-corrected chi connectivity index (χ3v) is 4.56. The number of allylic oxidation sites excluding steroid dienone is 2. The van der Waals surface area contributed by atoms with Crippen LogP contribution in [0.3, 0.4) is 0 Å². The van der Waals surface area contributed by atoms with Gasteiger partial charge in [0.1, 0.15) is 5.84 Å². The van der Waals surface area contributed by atoms with Crippen molar-refractivity contribution in [2.24, 2.45) is 4.99 Å². The lowest BCUT2D eigenvalue weighted by molar-refractivity contribution is 0.307. The highest BCUT2D eigenvalue weighted by molar-refractivity contribution is 6.07. The zero-order valence-corrected chi connectivity index (χ0v) is 11.7. The number of nitrogens with zero attached hydrogens (tertiary/aromatic N) is 3. The molecule has 4 aliphatic rings. The number of amidine groups is 1. The average Bonchev–Trinajstić information content (AvgIpc) is 2.95. The minimum absolute atomic E-state index is 0.161. The number of anilines is 1. The first-order chi connectivity index (χ1) is 10.4. The summed E-state index contributed by atoms with van der Waals surface area (Å²) in [6, 6.07) is 8.59. The Labute approximate surface area is 123 Å². The fourth-order valence-electron chi connectivity index (χ4n) is 3.64. The molecule has 0 saturated carbocycles. The van der Waals surface area contributed by atoms with Crippen molar-refractivity contribution in [3.8, 4) is 0 Å². The maximum absolute atomic E-state index is 4.63.